The molecule has 1 amide bonds. The first-order chi connectivity index (χ1) is 13.8. The van der Waals surface area contributed by atoms with Gasteiger partial charge in [0.15, 0.2) is 5.65 Å². The van der Waals surface area contributed by atoms with Crippen LogP contribution in [0.25, 0.3) is 5.65 Å². The molecule has 0 unspecified atom stereocenters. The van der Waals surface area contributed by atoms with Gasteiger partial charge in [-0.3, -0.25) is 4.79 Å². The lowest BCUT2D eigenvalue weighted by Gasteiger charge is -2.32. The van der Waals surface area contributed by atoms with Crippen molar-refractivity contribution >= 4 is 34.7 Å². The van der Waals surface area contributed by atoms with E-state index in [0.29, 0.717) is 31.0 Å². The quantitative estimate of drug-likeness (QED) is 0.726. The van der Waals surface area contributed by atoms with Crippen LogP contribution in [0, 0.1) is 0 Å². The van der Waals surface area contributed by atoms with Crippen LogP contribution in [0.2, 0.25) is 0 Å². The summed E-state index contributed by atoms with van der Waals surface area (Å²) in [7, 11) is 0. The molecule has 3 aromatic rings. The number of nitrogens with zero attached hydrogens (tertiary/aromatic N) is 4. The molecule has 0 radical (unpaired) electrons. The fourth-order valence-electron chi connectivity index (χ4n) is 3.42. The molecule has 0 spiro atoms. The van der Waals surface area contributed by atoms with Gasteiger partial charge in [-0.1, -0.05) is 0 Å². The summed E-state index contributed by atoms with van der Waals surface area (Å²) in [5.41, 5.74) is 2.68. The number of hydrogen-bond donors (Lipinski definition) is 1. The zero-order chi connectivity index (χ0) is 18.9. The molecule has 1 saturated heterocycles. The minimum absolute atomic E-state index is 0.232. The first kappa shape index (κ1) is 17.3. The van der Waals surface area contributed by atoms with Crippen LogP contribution in [0.3, 0.4) is 0 Å². The van der Waals surface area contributed by atoms with E-state index in [1.165, 1.54) is 0 Å². The molecule has 144 valence electrons. The standard InChI is InChI=1S/C19H19N5O3S/c25-19(13-12-21-24-3-1-2-20-18(13)24)22-14-10-17-16(27-8-9-28-17)11-15(14)23-4-6-26-7-5-23/h1-3,10-12H,4-9H2,(H,22,25). The predicted octanol–water partition coefficient (Wildman–Crippen LogP) is 2.30. The predicted molar refractivity (Wildman–Crippen MR) is 107 cm³/mol. The Bertz CT molecular complexity index is 1030. The number of carbonyl (C=O) groups is 1. The molecule has 28 heavy (non-hydrogen) atoms. The van der Waals surface area contributed by atoms with Crippen LogP contribution in [0.4, 0.5) is 11.4 Å². The van der Waals surface area contributed by atoms with Crippen molar-refractivity contribution in [2.45, 2.75) is 4.90 Å². The number of amides is 1. The molecular weight excluding hydrogens is 378 g/mol. The van der Waals surface area contributed by atoms with Crippen molar-refractivity contribution in [3.63, 3.8) is 0 Å². The SMILES string of the molecule is O=C(Nc1cc2c(cc1N1CCOCC1)OCCS2)c1cnn2cccnc12. The van der Waals surface area contributed by atoms with Gasteiger partial charge in [0.25, 0.3) is 5.91 Å². The number of thioether (sulfide) groups is 1. The Morgan fingerprint density at radius 3 is 3.00 bits per heavy atom. The number of hydrogen-bond acceptors (Lipinski definition) is 7. The summed E-state index contributed by atoms with van der Waals surface area (Å²) >= 11 is 1.74. The van der Waals surface area contributed by atoms with Crippen LogP contribution in [-0.2, 0) is 4.74 Å². The van der Waals surface area contributed by atoms with E-state index in [9.17, 15) is 4.79 Å². The van der Waals surface area contributed by atoms with Crippen LogP contribution in [-0.4, -0.2) is 59.2 Å². The first-order valence-corrected chi connectivity index (χ1v) is 10.1. The topological polar surface area (TPSA) is 81.0 Å². The van der Waals surface area contributed by atoms with Crippen LogP contribution in [0.5, 0.6) is 5.75 Å². The third-order valence-corrected chi connectivity index (χ3v) is 5.79. The molecule has 9 heteroatoms. The highest BCUT2D eigenvalue weighted by Gasteiger charge is 2.23. The molecule has 1 N–H and O–H groups in total. The Balaban J connectivity index is 1.51. The summed E-state index contributed by atoms with van der Waals surface area (Å²) < 4.78 is 12.9. The minimum atomic E-state index is -0.232. The number of aromatic nitrogens is 3. The van der Waals surface area contributed by atoms with Crippen LogP contribution in [0.1, 0.15) is 10.4 Å². The lowest BCUT2D eigenvalue weighted by atomic mass is 10.2. The highest BCUT2D eigenvalue weighted by Crippen LogP contribution is 2.41. The monoisotopic (exact) mass is 397 g/mol. The maximum Gasteiger partial charge on any atom is 0.261 e. The Morgan fingerprint density at radius 2 is 2.11 bits per heavy atom. The number of rotatable bonds is 3. The second kappa shape index (κ2) is 7.33. The van der Waals surface area contributed by atoms with Gasteiger partial charge in [-0.15, -0.1) is 11.8 Å². The van der Waals surface area contributed by atoms with Gasteiger partial charge < -0.3 is 19.7 Å². The van der Waals surface area contributed by atoms with E-state index in [1.54, 1.807) is 40.9 Å². The number of carbonyl (C=O) groups excluding carboxylic acids is 1. The average Bonchev–Trinajstić information content (AvgIpc) is 3.18. The third-order valence-electron chi connectivity index (χ3n) is 4.78. The number of ether oxygens (including phenoxy) is 2. The maximum absolute atomic E-state index is 13.0. The van der Waals surface area contributed by atoms with Gasteiger partial charge in [0.1, 0.15) is 11.3 Å². The van der Waals surface area contributed by atoms with Gasteiger partial charge in [0.05, 0.1) is 42.3 Å². The minimum Gasteiger partial charge on any atom is -0.491 e. The van der Waals surface area contributed by atoms with E-state index >= 15 is 0 Å². The second-order valence-corrected chi connectivity index (χ2v) is 7.65. The van der Waals surface area contributed by atoms with E-state index in [0.717, 1.165) is 40.9 Å². The van der Waals surface area contributed by atoms with E-state index in [1.807, 2.05) is 12.1 Å². The van der Waals surface area contributed by atoms with Crippen molar-refractivity contribution in [3.05, 3.63) is 42.4 Å². The van der Waals surface area contributed by atoms with Crippen molar-refractivity contribution in [1.82, 2.24) is 14.6 Å². The Hall–Kier alpha value is -2.78. The van der Waals surface area contributed by atoms with Gasteiger partial charge in [0, 0.05) is 37.3 Å². The fourth-order valence-corrected chi connectivity index (χ4v) is 4.27. The number of anilines is 2. The number of fused-ring (bicyclic) bond motifs is 2. The lowest BCUT2D eigenvalue weighted by Crippen LogP contribution is -2.37. The van der Waals surface area contributed by atoms with Crippen LogP contribution >= 0.6 is 11.8 Å². The summed E-state index contributed by atoms with van der Waals surface area (Å²) in [6, 6.07) is 5.80. The Kier molecular flexibility index (Phi) is 4.53. The summed E-state index contributed by atoms with van der Waals surface area (Å²) in [6.07, 6.45) is 4.97. The van der Waals surface area contributed by atoms with Crippen LogP contribution in [0.15, 0.2) is 41.7 Å². The molecule has 2 aliphatic heterocycles. The number of benzene rings is 1. The Morgan fingerprint density at radius 1 is 1.21 bits per heavy atom. The molecular formula is C19H19N5O3S. The molecule has 5 rings (SSSR count). The van der Waals surface area contributed by atoms with Crippen molar-refractivity contribution in [3.8, 4) is 5.75 Å². The van der Waals surface area contributed by atoms with Gasteiger partial charge in [-0.2, -0.15) is 5.10 Å². The zero-order valence-electron chi connectivity index (χ0n) is 15.1. The van der Waals surface area contributed by atoms with Crippen molar-refractivity contribution < 1.29 is 14.3 Å². The molecule has 0 aliphatic carbocycles. The summed E-state index contributed by atoms with van der Waals surface area (Å²) in [5.74, 6) is 1.54. The van der Waals surface area contributed by atoms with Crippen molar-refractivity contribution in [2.24, 2.45) is 0 Å². The summed E-state index contributed by atoms with van der Waals surface area (Å²) in [5, 5.41) is 7.28. The lowest BCUT2D eigenvalue weighted by molar-refractivity contribution is 0.102. The zero-order valence-corrected chi connectivity index (χ0v) is 15.9. The smallest absolute Gasteiger partial charge is 0.261 e. The van der Waals surface area contributed by atoms with E-state index in [-0.39, 0.29) is 5.91 Å². The molecule has 1 fully saturated rings. The summed E-state index contributed by atoms with van der Waals surface area (Å²) in [6.45, 7) is 3.57. The molecule has 8 nitrogen and oxygen atoms in total. The average molecular weight is 397 g/mol. The van der Waals surface area contributed by atoms with Gasteiger partial charge in [0.2, 0.25) is 0 Å². The van der Waals surface area contributed by atoms with Gasteiger partial charge in [-0.05, 0) is 12.1 Å². The normalized spacial score (nSPS) is 16.5. The van der Waals surface area contributed by atoms with Gasteiger partial charge in [-0.25, -0.2) is 9.50 Å². The van der Waals surface area contributed by atoms with Gasteiger partial charge >= 0.3 is 0 Å². The summed E-state index contributed by atoms with van der Waals surface area (Å²) in [4.78, 5) is 20.5. The van der Waals surface area contributed by atoms with Crippen molar-refractivity contribution in [2.75, 3.05) is 48.9 Å². The highest BCUT2D eigenvalue weighted by atomic mass is 32.2. The van der Waals surface area contributed by atoms with E-state index < -0.39 is 0 Å². The largest absolute Gasteiger partial charge is 0.491 e. The third kappa shape index (κ3) is 3.16. The van der Waals surface area contributed by atoms with E-state index in [4.69, 9.17) is 9.47 Å². The van der Waals surface area contributed by atoms with E-state index in [2.05, 4.69) is 20.3 Å². The second-order valence-electron chi connectivity index (χ2n) is 6.51. The maximum atomic E-state index is 13.0. The molecule has 1 aromatic carbocycles. The molecule has 2 aromatic heterocycles. The molecule has 2 aliphatic rings. The number of nitrogens with one attached hydrogen (secondary N) is 1. The molecule has 0 atom stereocenters. The molecule has 0 bridgehead atoms. The molecule has 0 saturated carbocycles. The highest BCUT2D eigenvalue weighted by molar-refractivity contribution is 7.99. The number of morpholine rings is 1. The van der Waals surface area contributed by atoms with Crippen LogP contribution < -0.4 is 15.0 Å². The molecule has 4 heterocycles. The Labute approximate surface area is 165 Å². The van der Waals surface area contributed by atoms with Crippen molar-refractivity contribution in [1.29, 1.82) is 0 Å². The fraction of sp³-hybridized carbons (Fsp3) is 0.316. The first-order valence-electron chi connectivity index (χ1n) is 9.15.